The van der Waals surface area contributed by atoms with Crippen LogP contribution >= 0.6 is 0 Å². The summed E-state index contributed by atoms with van der Waals surface area (Å²) in [7, 11) is 0. The summed E-state index contributed by atoms with van der Waals surface area (Å²) in [5, 5.41) is 2.80. The molecule has 2 atom stereocenters. The average Bonchev–Trinajstić information content (AvgIpc) is 2.79. The van der Waals surface area contributed by atoms with E-state index in [1.165, 1.54) is 25.7 Å². The predicted octanol–water partition coefficient (Wildman–Crippen LogP) is 1.31. The Hall–Kier alpha value is -0.530. The van der Waals surface area contributed by atoms with Gasteiger partial charge >= 0.3 is 0 Å². The van der Waals surface area contributed by atoms with Crippen LogP contribution in [-0.4, -0.2) is 12.5 Å². The number of carbonyl (C=O) groups is 1. The second-order valence-corrected chi connectivity index (χ2v) is 4.18. The highest BCUT2D eigenvalue weighted by Gasteiger charge is 2.62. The van der Waals surface area contributed by atoms with Crippen molar-refractivity contribution in [1.82, 2.24) is 5.32 Å². The van der Waals surface area contributed by atoms with Gasteiger partial charge in [0.2, 0.25) is 6.41 Å². The van der Waals surface area contributed by atoms with E-state index < -0.39 is 0 Å². The molecule has 2 fully saturated rings. The molecule has 2 aliphatic carbocycles. The van der Waals surface area contributed by atoms with E-state index in [-0.39, 0.29) is 0 Å². The molecule has 0 aromatic heterocycles. The molecule has 0 heterocycles. The van der Waals surface area contributed by atoms with E-state index in [0.717, 1.165) is 17.7 Å². The zero-order valence-corrected chi connectivity index (χ0v) is 6.97. The van der Waals surface area contributed by atoms with Crippen molar-refractivity contribution in [3.63, 3.8) is 0 Å². The number of hydrogen-bond donors (Lipinski definition) is 1. The van der Waals surface area contributed by atoms with Crippen molar-refractivity contribution in [1.29, 1.82) is 0 Å². The van der Waals surface area contributed by atoms with Gasteiger partial charge < -0.3 is 5.32 Å². The normalized spacial score (nSPS) is 33.0. The Morgan fingerprint density at radius 3 is 2.91 bits per heavy atom. The Morgan fingerprint density at radius 2 is 2.45 bits per heavy atom. The van der Waals surface area contributed by atoms with Gasteiger partial charge in [-0.25, -0.2) is 0 Å². The summed E-state index contributed by atoms with van der Waals surface area (Å²) in [4.78, 5) is 10.1. The maximum absolute atomic E-state index is 10.1. The van der Waals surface area contributed by atoms with Crippen molar-refractivity contribution in [2.45, 2.75) is 38.6 Å². The van der Waals surface area contributed by atoms with E-state index in [4.69, 9.17) is 0 Å². The fraction of sp³-hybridized carbons (Fsp3) is 0.889. The lowest BCUT2D eigenvalue weighted by atomic mass is 10.1. The van der Waals surface area contributed by atoms with Crippen molar-refractivity contribution >= 4 is 6.41 Å². The van der Waals surface area contributed by atoms with E-state index in [0.29, 0.717) is 6.04 Å². The Labute approximate surface area is 67.4 Å². The average molecular weight is 153 g/mol. The summed E-state index contributed by atoms with van der Waals surface area (Å²) < 4.78 is 0. The Balaban J connectivity index is 1.70. The molecule has 0 aromatic rings. The maximum atomic E-state index is 10.1. The molecule has 0 aliphatic heterocycles. The van der Waals surface area contributed by atoms with Crippen molar-refractivity contribution in [3.8, 4) is 0 Å². The standard InChI is InChI=1S/C9H15NO/c1-7(10-6-11)4-8-5-9(8)2-3-9/h6-8H,2-5H2,1H3,(H,10,11). The smallest absolute Gasteiger partial charge is 0.207 e. The molecule has 2 rings (SSSR count). The third-order valence-electron chi connectivity index (χ3n) is 3.24. The van der Waals surface area contributed by atoms with Crippen LogP contribution < -0.4 is 5.32 Å². The molecule has 1 spiro atoms. The summed E-state index contributed by atoms with van der Waals surface area (Å²) in [6, 6.07) is 0.387. The van der Waals surface area contributed by atoms with Gasteiger partial charge in [0.15, 0.2) is 0 Å². The van der Waals surface area contributed by atoms with Crippen LogP contribution in [0.4, 0.5) is 0 Å². The minimum atomic E-state index is 0.387. The quantitative estimate of drug-likeness (QED) is 0.606. The maximum Gasteiger partial charge on any atom is 0.207 e. The SMILES string of the molecule is CC(CC1CC12CC2)NC=O. The molecular weight excluding hydrogens is 138 g/mol. The molecule has 2 nitrogen and oxygen atoms in total. The van der Waals surface area contributed by atoms with E-state index in [1.807, 2.05) is 0 Å². The van der Waals surface area contributed by atoms with E-state index in [9.17, 15) is 4.79 Å². The molecule has 0 saturated heterocycles. The topological polar surface area (TPSA) is 29.1 Å². The lowest BCUT2D eigenvalue weighted by Gasteiger charge is -2.08. The van der Waals surface area contributed by atoms with Gasteiger partial charge in [0.25, 0.3) is 0 Å². The molecule has 2 heteroatoms. The first-order valence-corrected chi connectivity index (χ1v) is 4.46. The highest BCUT2D eigenvalue weighted by atomic mass is 16.1. The van der Waals surface area contributed by atoms with Crippen molar-refractivity contribution < 1.29 is 4.79 Å². The van der Waals surface area contributed by atoms with E-state index >= 15 is 0 Å². The lowest BCUT2D eigenvalue weighted by molar-refractivity contribution is -0.110. The van der Waals surface area contributed by atoms with Crippen LogP contribution in [0.5, 0.6) is 0 Å². The van der Waals surface area contributed by atoms with Crippen molar-refractivity contribution in [2.75, 3.05) is 0 Å². The van der Waals surface area contributed by atoms with Gasteiger partial charge in [-0.1, -0.05) is 0 Å². The molecule has 2 saturated carbocycles. The van der Waals surface area contributed by atoms with Crippen LogP contribution in [0, 0.1) is 11.3 Å². The van der Waals surface area contributed by atoms with Gasteiger partial charge in [-0.15, -0.1) is 0 Å². The number of rotatable bonds is 4. The second-order valence-electron chi connectivity index (χ2n) is 4.18. The molecule has 1 N–H and O–H groups in total. The molecule has 0 radical (unpaired) electrons. The first-order chi connectivity index (χ1) is 5.27. The van der Waals surface area contributed by atoms with Gasteiger partial charge in [0, 0.05) is 6.04 Å². The van der Waals surface area contributed by atoms with Crippen LogP contribution in [0.3, 0.4) is 0 Å². The van der Waals surface area contributed by atoms with Crippen LogP contribution in [0.1, 0.15) is 32.6 Å². The fourth-order valence-electron chi connectivity index (χ4n) is 2.15. The highest BCUT2D eigenvalue weighted by Crippen LogP contribution is 2.71. The van der Waals surface area contributed by atoms with Gasteiger partial charge in [-0.3, -0.25) is 4.79 Å². The van der Waals surface area contributed by atoms with Gasteiger partial charge in [0.05, 0.1) is 0 Å². The lowest BCUT2D eigenvalue weighted by Crippen LogP contribution is -2.24. The predicted molar refractivity (Wildman–Crippen MR) is 43.1 cm³/mol. The van der Waals surface area contributed by atoms with Crippen LogP contribution in [0.2, 0.25) is 0 Å². The fourth-order valence-corrected chi connectivity index (χ4v) is 2.15. The summed E-state index contributed by atoms with van der Waals surface area (Å²) in [6.45, 7) is 2.09. The molecule has 11 heavy (non-hydrogen) atoms. The first-order valence-electron chi connectivity index (χ1n) is 4.46. The molecule has 2 unspecified atom stereocenters. The second kappa shape index (κ2) is 2.23. The number of hydrogen-bond acceptors (Lipinski definition) is 1. The molecular formula is C9H15NO. The van der Waals surface area contributed by atoms with Crippen LogP contribution in [-0.2, 0) is 4.79 Å². The summed E-state index contributed by atoms with van der Waals surface area (Å²) in [5.74, 6) is 0.935. The van der Waals surface area contributed by atoms with E-state index in [1.54, 1.807) is 0 Å². The monoisotopic (exact) mass is 153 g/mol. The first kappa shape index (κ1) is 7.14. The van der Waals surface area contributed by atoms with E-state index in [2.05, 4.69) is 12.2 Å². The molecule has 0 aromatic carbocycles. The van der Waals surface area contributed by atoms with Gasteiger partial charge in [0.1, 0.15) is 0 Å². The van der Waals surface area contributed by atoms with Gasteiger partial charge in [-0.2, -0.15) is 0 Å². The zero-order chi connectivity index (χ0) is 7.90. The summed E-state index contributed by atoms with van der Waals surface area (Å²) in [6.07, 6.45) is 6.33. The Bertz CT molecular complexity index is 174. The Kier molecular flexibility index (Phi) is 1.44. The summed E-state index contributed by atoms with van der Waals surface area (Å²) >= 11 is 0. The number of nitrogens with one attached hydrogen (secondary N) is 1. The molecule has 0 bridgehead atoms. The Morgan fingerprint density at radius 1 is 1.73 bits per heavy atom. The van der Waals surface area contributed by atoms with Gasteiger partial charge in [-0.05, 0) is 43.9 Å². The summed E-state index contributed by atoms with van der Waals surface area (Å²) in [5.41, 5.74) is 0.791. The molecule has 62 valence electrons. The van der Waals surface area contributed by atoms with Crippen molar-refractivity contribution in [2.24, 2.45) is 11.3 Å². The zero-order valence-electron chi connectivity index (χ0n) is 6.97. The number of carbonyl (C=O) groups excluding carboxylic acids is 1. The minimum Gasteiger partial charge on any atom is -0.356 e. The number of amides is 1. The van der Waals surface area contributed by atoms with Crippen LogP contribution in [0.15, 0.2) is 0 Å². The van der Waals surface area contributed by atoms with Crippen LogP contribution in [0.25, 0.3) is 0 Å². The molecule has 2 aliphatic rings. The molecule has 1 amide bonds. The highest BCUT2D eigenvalue weighted by molar-refractivity contribution is 5.46. The third-order valence-corrected chi connectivity index (χ3v) is 3.24. The third kappa shape index (κ3) is 1.26. The largest absolute Gasteiger partial charge is 0.356 e. The minimum absolute atomic E-state index is 0.387. The van der Waals surface area contributed by atoms with Crippen molar-refractivity contribution in [3.05, 3.63) is 0 Å².